The zero-order chi connectivity index (χ0) is 17.8. The normalized spacial score (nSPS) is 15.2. The highest BCUT2D eigenvalue weighted by Crippen LogP contribution is 2.23. The predicted molar refractivity (Wildman–Crippen MR) is 98.5 cm³/mol. The lowest BCUT2D eigenvalue weighted by molar-refractivity contribution is 0.0632. The number of rotatable bonds is 5. The lowest BCUT2D eigenvalue weighted by Gasteiger charge is -2.34. The SMILES string of the molecule is COc1ccc(C(C)=O)cc1CN1CCN(C(=O)c2cccs2)CC1. The number of nitrogens with zero attached hydrogens (tertiary/aromatic N) is 2. The Balaban J connectivity index is 1.63. The molecule has 1 amide bonds. The van der Waals surface area contributed by atoms with Gasteiger partial charge in [0.1, 0.15) is 5.75 Å². The highest BCUT2D eigenvalue weighted by molar-refractivity contribution is 7.12. The number of benzene rings is 1. The third-order valence-electron chi connectivity index (χ3n) is 4.47. The van der Waals surface area contributed by atoms with Crippen LogP contribution in [-0.4, -0.2) is 54.8 Å². The number of piperazine rings is 1. The molecule has 0 radical (unpaired) electrons. The number of ether oxygens (including phenoxy) is 1. The van der Waals surface area contributed by atoms with Crippen molar-refractivity contribution in [1.29, 1.82) is 0 Å². The molecule has 6 heteroatoms. The Morgan fingerprint density at radius 3 is 2.52 bits per heavy atom. The summed E-state index contributed by atoms with van der Waals surface area (Å²) in [5.74, 6) is 0.961. The number of Topliss-reactive ketones (excluding diaryl/α,β-unsaturated/α-hetero) is 1. The van der Waals surface area contributed by atoms with Crippen molar-refractivity contribution in [3.63, 3.8) is 0 Å². The van der Waals surface area contributed by atoms with Gasteiger partial charge in [-0.25, -0.2) is 0 Å². The van der Waals surface area contributed by atoms with Crippen molar-refractivity contribution >= 4 is 23.0 Å². The lowest BCUT2D eigenvalue weighted by Crippen LogP contribution is -2.48. The molecule has 1 aromatic carbocycles. The third kappa shape index (κ3) is 4.08. The Kier molecular flexibility index (Phi) is 5.50. The van der Waals surface area contributed by atoms with E-state index in [1.807, 2.05) is 34.5 Å². The van der Waals surface area contributed by atoms with Gasteiger partial charge in [-0.2, -0.15) is 0 Å². The van der Waals surface area contributed by atoms with E-state index in [0.29, 0.717) is 25.2 Å². The monoisotopic (exact) mass is 358 g/mol. The van der Waals surface area contributed by atoms with Crippen molar-refractivity contribution in [1.82, 2.24) is 9.80 Å². The molecular formula is C19H22N2O3S. The summed E-state index contributed by atoms with van der Waals surface area (Å²) >= 11 is 1.48. The van der Waals surface area contributed by atoms with Crippen LogP contribution in [-0.2, 0) is 6.54 Å². The smallest absolute Gasteiger partial charge is 0.264 e. The van der Waals surface area contributed by atoms with Gasteiger partial charge in [0.2, 0.25) is 0 Å². The first-order chi connectivity index (χ1) is 12.1. The summed E-state index contributed by atoms with van der Waals surface area (Å²) in [5.41, 5.74) is 1.70. The first-order valence-electron chi connectivity index (χ1n) is 8.31. The van der Waals surface area contributed by atoms with Crippen LogP contribution < -0.4 is 4.74 Å². The predicted octanol–water partition coefficient (Wildman–Crippen LogP) is 2.92. The van der Waals surface area contributed by atoms with Crippen LogP contribution in [0.25, 0.3) is 0 Å². The van der Waals surface area contributed by atoms with Crippen LogP contribution in [0.2, 0.25) is 0 Å². The van der Waals surface area contributed by atoms with Gasteiger partial charge in [-0.05, 0) is 36.6 Å². The molecule has 5 nitrogen and oxygen atoms in total. The third-order valence-corrected chi connectivity index (χ3v) is 5.33. The minimum atomic E-state index is 0.0512. The van der Waals surface area contributed by atoms with Gasteiger partial charge in [-0.3, -0.25) is 14.5 Å². The van der Waals surface area contributed by atoms with Gasteiger partial charge in [-0.1, -0.05) is 6.07 Å². The number of methoxy groups -OCH3 is 1. The second-order valence-electron chi connectivity index (χ2n) is 6.13. The average molecular weight is 358 g/mol. The highest BCUT2D eigenvalue weighted by Gasteiger charge is 2.23. The second-order valence-corrected chi connectivity index (χ2v) is 7.08. The average Bonchev–Trinajstić information content (AvgIpc) is 3.16. The number of carbonyl (C=O) groups excluding carboxylic acids is 2. The molecule has 0 spiro atoms. The fourth-order valence-corrected chi connectivity index (χ4v) is 3.72. The van der Waals surface area contributed by atoms with Crippen molar-refractivity contribution in [2.75, 3.05) is 33.3 Å². The topological polar surface area (TPSA) is 49.9 Å². The van der Waals surface area contributed by atoms with E-state index >= 15 is 0 Å². The summed E-state index contributed by atoms with van der Waals surface area (Å²) in [6.07, 6.45) is 0. The summed E-state index contributed by atoms with van der Waals surface area (Å²) in [4.78, 5) is 29.0. The van der Waals surface area contributed by atoms with Crippen LogP contribution in [0.3, 0.4) is 0 Å². The Bertz CT molecular complexity index is 750. The summed E-state index contributed by atoms with van der Waals surface area (Å²) in [7, 11) is 1.64. The number of hydrogen-bond donors (Lipinski definition) is 0. The molecule has 1 saturated heterocycles. The molecule has 1 aromatic heterocycles. The standard InChI is InChI=1S/C19H22N2O3S/c1-14(22)15-5-6-17(24-2)16(12-15)13-20-7-9-21(10-8-20)19(23)18-4-3-11-25-18/h3-6,11-12H,7-10,13H2,1-2H3. The van der Waals surface area contributed by atoms with E-state index in [2.05, 4.69) is 4.90 Å². The quantitative estimate of drug-likeness (QED) is 0.771. The fourth-order valence-electron chi connectivity index (χ4n) is 3.03. The van der Waals surface area contributed by atoms with E-state index in [9.17, 15) is 9.59 Å². The minimum absolute atomic E-state index is 0.0512. The molecule has 132 valence electrons. The number of thiophene rings is 1. The Labute approximate surface area is 151 Å². The van der Waals surface area contributed by atoms with Crippen LogP contribution >= 0.6 is 11.3 Å². The van der Waals surface area contributed by atoms with Gasteiger partial charge in [0, 0.05) is 43.9 Å². The van der Waals surface area contributed by atoms with Crippen molar-refractivity contribution in [3.8, 4) is 5.75 Å². The molecule has 0 N–H and O–H groups in total. The molecule has 0 unspecified atom stereocenters. The molecule has 0 bridgehead atoms. The van der Waals surface area contributed by atoms with Gasteiger partial charge >= 0.3 is 0 Å². The summed E-state index contributed by atoms with van der Waals surface area (Å²) in [6.45, 7) is 5.33. The van der Waals surface area contributed by atoms with Crippen molar-refractivity contribution in [2.45, 2.75) is 13.5 Å². The van der Waals surface area contributed by atoms with Gasteiger partial charge in [-0.15, -0.1) is 11.3 Å². The molecule has 2 heterocycles. The van der Waals surface area contributed by atoms with Crippen LogP contribution in [0.5, 0.6) is 5.75 Å². The molecule has 1 aliphatic heterocycles. The molecule has 25 heavy (non-hydrogen) atoms. The van der Waals surface area contributed by atoms with Crippen molar-refractivity contribution in [3.05, 3.63) is 51.7 Å². The van der Waals surface area contributed by atoms with Crippen LogP contribution in [0.15, 0.2) is 35.7 Å². The maximum atomic E-state index is 12.4. The first-order valence-corrected chi connectivity index (χ1v) is 9.19. The Morgan fingerprint density at radius 1 is 1.16 bits per heavy atom. The van der Waals surface area contributed by atoms with Crippen molar-refractivity contribution in [2.24, 2.45) is 0 Å². The van der Waals surface area contributed by atoms with Gasteiger partial charge in [0.15, 0.2) is 5.78 Å². The van der Waals surface area contributed by atoms with Crippen molar-refractivity contribution < 1.29 is 14.3 Å². The maximum absolute atomic E-state index is 12.4. The Morgan fingerprint density at radius 2 is 1.92 bits per heavy atom. The highest BCUT2D eigenvalue weighted by atomic mass is 32.1. The van der Waals surface area contributed by atoms with E-state index in [4.69, 9.17) is 4.74 Å². The number of hydrogen-bond acceptors (Lipinski definition) is 5. The van der Waals surface area contributed by atoms with Gasteiger partial charge in [0.25, 0.3) is 5.91 Å². The molecule has 1 aliphatic rings. The van der Waals surface area contributed by atoms with E-state index in [1.54, 1.807) is 20.1 Å². The fraction of sp³-hybridized carbons (Fsp3) is 0.368. The van der Waals surface area contributed by atoms with Crippen LogP contribution in [0.1, 0.15) is 32.5 Å². The molecule has 0 aliphatic carbocycles. The summed E-state index contributed by atoms with van der Waals surface area (Å²) < 4.78 is 5.43. The van der Waals surface area contributed by atoms with Crippen LogP contribution in [0, 0.1) is 0 Å². The van der Waals surface area contributed by atoms with Gasteiger partial charge in [0.05, 0.1) is 12.0 Å². The zero-order valence-corrected chi connectivity index (χ0v) is 15.3. The molecule has 0 saturated carbocycles. The lowest BCUT2D eigenvalue weighted by atomic mass is 10.1. The van der Waals surface area contributed by atoms with Crippen LogP contribution in [0.4, 0.5) is 0 Å². The molecule has 1 fully saturated rings. The van der Waals surface area contributed by atoms with E-state index < -0.39 is 0 Å². The number of amides is 1. The van der Waals surface area contributed by atoms with E-state index in [-0.39, 0.29) is 11.7 Å². The minimum Gasteiger partial charge on any atom is -0.496 e. The molecular weight excluding hydrogens is 336 g/mol. The van der Waals surface area contributed by atoms with E-state index in [1.165, 1.54) is 11.3 Å². The second kappa shape index (κ2) is 7.80. The molecule has 2 aromatic rings. The summed E-state index contributed by atoms with van der Waals surface area (Å²) in [6, 6.07) is 9.33. The van der Waals surface area contributed by atoms with Gasteiger partial charge < -0.3 is 9.64 Å². The van der Waals surface area contributed by atoms with E-state index in [0.717, 1.165) is 29.3 Å². The Hall–Kier alpha value is -2.18. The first kappa shape index (κ1) is 17.6. The molecule has 0 atom stereocenters. The summed E-state index contributed by atoms with van der Waals surface area (Å²) in [5, 5.41) is 1.93. The zero-order valence-electron chi connectivity index (χ0n) is 14.5. The maximum Gasteiger partial charge on any atom is 0.264 e. The number of carbonyl (C=O) groups is 2. The molecule has 3 rings (SSSR count). The largest absolute Gasteiger partial charge is 0.496 e. The number of ketones is 1.